The summed E-state index contributed by atoms with van der Waals surface area (Å²) in [6.45, 7) is 1.56. The van der Waals surface area contributed by atoms with Gasteiger partial charge in [0.05, 0.1) is 12.3 Å². The number of amides is 1. The molecule has 3 rings (SSSR count). The average Bonchev–Trinajstić information content (AvgIpc) is 2.79. The van der Waals surface area contributed by atoms with Crippen LogP contribution in [-0.2, 0) is 19.1 Å². The molecular weight excluding hydrogens is 365 g/mol. The van der Waals surface area contributed by atoms with Crippen molar-refractivity contribution in [3.8, 4) is 0 Å². The summed E-state index contributed by atoms with van der Waals surface area (Å²) in [6, 6.07) is 0. The molecule has 0 saturated heterocycles. The van der Waals surface area contributed by atoms with Crippen molar-refractivity contribution in [3.05, 3.63) is 24.3 Å². The molecule has 1 heterocycles. The fourth-order valence-electron chi connectivity index (χ4n) is 4.41. The van der Waals surface area contributed by atoms with Gasteiger partial charge in [-0.2, -0.15) is 13.2 Å². The molecule has 9 heteroatoms. The summed E-state index contributed by atoms with van der Waals surface area (Å²) in [6.07, 6.45) is 3.44. The third-order valence-corrected chi connectivity index (χ3v) is 5.40. The second kappa shape index (κ2) is 6.78. The monoisotopic (exact) mass is 386 g/mol. The molecule has 0 radical (unpaired) electrons. The number of hydrogen-bond acceptors (Lipinski definition) is 5. The van der Waals surface area contributed by atoms with E-state index in [1.165, 1.54) is 14.0 Å². The van der Waals surface area contributed by atoms with E-state index in [0.29, 0.717) is 18.6 Å². The molecule has 148 valence electrons. The molecule has 0 spiro atoms. The number of fused-ring (bicyclic) bond motifs is 3. The second-order valence-corrected chi connectivity index (χ2v) is 7.01. The fourth-order valence-corrected chi connectivity index (χ4v) is 4.41. The Labute approximate surface area is 154 Å². The highest BCUT2D eigenvalue weighted by atomic mass is 19.4. The van der Waals surface area contributed by atoms with Crippen molar-refractivity contribution in [2.75, 3.05) is 13.7 Å². The lowest BCUT2D eigenvalue weighted by Crippen LogP contribution is -2.68. The van der Waals surface area contributed by atoms with Crippen LogP contribution in [0.4, 0.5) is 13.2 Å². The molecule has 0 aromatic carbocycles. The summed E-state index contributed by atoms with van der Waals surface area (Å²) >= 11 is 0. The molecule has 1 saturated carbocycles. The molecule has 0 unspecified atom stereocenters. The van der Waals surface area contributed by atoms with Crippen LogP contribution >= 0.6 is 0 Å². The van der Waals surface area contributed by atoms with Gasteiger partial charge in [-0.05, 0) is 37.3 Å². The SMILES string of the molecule is CO[C@@]12C=CC=CC1=N[C@@]1(NC(=O)C(F)(F)F)C[C@H](CCCOC(C)=O)[C@@H]21. The van der Waals surface area contributed by atoms with Gasteiger partial charge in [-0.25, -0.2) is 0 Å². The lowest BCUT2D eigenvalue weighted by atomic mass is 9.56. The molecule has 3 aliphatic rings. The highest BCUT2D eigenvalue weighted by Gasteiger charge is 2.69. The number of esters is 1. The van der Waals surface area contributed by atoms with Crippen LogP contribution in [0.1, 0.15) is 26.2 Å². The number of rotatable bonds is 6. The third-order valence-electron chi connectivity index (χ3n) is 5.40. The van der Waals surface area contributed by atoms with Crippen LogP contribution < -0.4 is 5.32 Å². The van der Waals surface area contributed by atoms with E-state index >= 15 is 0 Å². The van der Waals surface area contributed by atoms with Crippen LogP contribution in [0.2, 0.25) is 0 Å². The molecule has 1 amide bonds. The molecule has 27 heavy (non-hydrogen) atoms. The smallest absolute Gasteiger partial charge is 0.466 e. The largest absolute Gasteiger partial charge is 0.471 e. The maximum absolute atomic E-state index is 12.8. The quantitative estimate of drug-likeness (QED) is 0.561. The number of aliphatic imine (C=N–C) groups is 1. The van der Waals surface area contributed by atoms with Gasteiger partial charge in [-0.1, -0.05) is 12.2 Å². The van der Waals surface area contributed by atoms with Crippen molar-refractivity contribution >= 4 is 17.6 Å². The van der Waals surface area contributed by atoms with E-state index in [4.69, 9.17) is 9.47 Å². The number of methoxy groups -OCH3 is 1. The van der Waals surface area contributed by atoms with E-state index in [-0.39, 0.29) is 24.9 Å². The van der Waals surface area contributed by atoms with Crippen LogP contribution in [0.15, 0.2) is 29.3 Å². The van der Waals surface area contributed by atoms with Gasteiger partial charge in [-0.3, -0.25) is 14.6 Å². The Kier molecular flexibility index (Phi) is 4.92. The fraction of sp³-hybridized carbons (Fsp3) is 0.611. The number of alkyl halides is 3. The van der Waals surface area contributed by atoms with Crippen LogP contribution in [0.3, 0.4) is 0 Å². The summed E-state index contributed by atoms with van der Waals surface area (Å²) in [5.41, 5.74) is -1.82. The average molecular weight is 386 g/mol. The third kappa shape index (κ3) is 3.28. The number of carbonyl (C=O) groups is 2. The molecule has 1 aliphatic heterocycles. The van der Waals surface area contributed by atoms with E-state index in [9.17, 15) is 22.8 Å². The molecule has 0 bridgehead atoms. The van der Waals surface area contributed by atoms with E-state index in [0.717, 1.165) is 0 Å². The maximum atomic E-state index is 12.8. The van der Waals surface area contributed by atoms with Gasteiger partial charge in [-0.15, -0.1) is 0 Å². The van der Waals surface area contributed by atoms with Crippen LogP contribution in [-0.4, -0.2) is 48.7 Å². The predicted molar refractivity (Wildman–Crippen MR) is 89.8 cm³/mol. The normalized spacial score (nSPS) is 33.6. The van der Waals surface area contributed by atoms with Gasteiger partial charge in [0, 0.05) is 20.0 Å². The zero-order valence-electron chi connectivity index (χ0n) is 15.0. The van der Waals surface area contributed by atoms with Crippen molar-refractivity contribution in [3.63, 3.8) is 0 Å². The molecule has 4 atom stereocenters. The summed E-state index contributed by atoms with van der Waals surface area (Å²) in [4.78, 5) is 26.9. The highest BCUT2D eigenvalue weighted by molar-refractivity contribution is 6.07. The first-order valence-electron chi connectivity index (χ1n) is 8.69. The number of hydrogen-bond donors (Lipinski definition) is 1. The number of nitrogens with one attached hydrogen (secondary N) is 1. The number of carbonyl (C=O) groups excluding carboxylic acids is 2. The Hall–Kier alpha value is -2.16. The lowest BCUT2D eigenvalue weighted by molar-refractivity contribution is -0.181. The highest BCUT2D eigenvalue weighted by Crippen LogP contribution is 2.59. The molecule has 6 nitrogen and oxygen atoms in total. The number of allylic oxidation sites excluding steroid dienone is 2. The Morgan fingerprint density at radius 3 is 2.74 bits per heavy atom. The Balaban J connectivity index is 1.82. The van der Waals surface area contributed by atoms with Crippen molar-refractivity contribution in [1.29, 1.82) is 0 Å². The van der Waals surface area contributed by atoms with E-state index < -0.39 is 29.3 Å². The van der Waals surface area contributed by atoms with Gasteiger partial charge in [0.2, 0.25) is 0 Å². The van der Waals surface area contributed by atoms with Gasteiger partial charge in [0.1, 0.15) is 11.3 Å². The maximum Gasteiger partial charge on any atom is 0.471 e. The molecule has 0 aromatic heterocycles. The number of nitrogens with zero attached hydrogens (tertiary/aromatic N) is 1. The number of ether oxygens (including phenoxy) is 2. The second-order valence-electron chi connectivity index (χ2n) is 7.01. The van der Waals surface area contributed by atoms with Gasteiger partial charge in [0.25, 0.3) is 0 Å². The summed E-state index contributed by atoms with van der Waals surface area (Å²) in [5, 5.41) is 2.10. The molecule has 0 aromatic rings. The molecule has 1 N–H and O–H groups in total. The van der Waals surface area contributed by atoms with Crippen molar-refractivity contribution in [2.24, 2.45) is 16.8 Å². The van der Waals surface area contributed by atoms with Crippen molar-refractivity contribution < 1.29 is 32.2 Å². The number of halogens is 3. The lowest BCUT2D eigenvalue weighted by Gasteiger charge is -2.54. The first-order chi connectivity index (χ1) is 12.6. The van der Waals surface area contributed by atoms with E-state index in [1.54, 1.807) is 24.3 Å². The van der Waals surface area contributed by atoms with Crippen molar-refractivity contribution in [2.45, 2.75) is 43.6 Å². The van der Waals surface area contributed by atoms with E-state index in [2.05, 4.69) is 10.3 Å². The minimum atomic E-state index is -4.99. The molecule has 1 fully saturated rings. The van der Waals surface area contributed by atoms with Gasteiger partial charge in [0.15, 0.2) is 0 Å². The first-order valence-corrected chi connectivity index (χ1v) is 8.69. The predicted octanol–water partition coefficient (Wildman–Crippen LogP) is 2.31. The Morgan fingerprint density at radius 1 is 1.37 bits per heavy atom. The molecular formula is C18H21F3N2O4. The van der Waals surface area contributed by atoms with Crippen LogP contribution in [0, 0.1) is 11.8 Å². The zero-order chi connectivity index (χ0) is 19.9. The van der Waals surface area contributed by atoms with Crippen molar-refractivity contribution in [1.82, 2.24) is 5.32 Å². The topological polar surface area (TPSA) is 77.0 Å². The minimum absolute atomic E-state index is 0.0357. The first kappa shape index (κ1) is 19.6. The standard InChI is InChI=1S/C18H21F3N2O4/c1-11(24)27-9-5-6-12-10-17(23-15(25)18(19,20)21)14(12)16(26-2)8-4-3-7-13(16)22-17/h3-4,7-8,12,14H,5-6,9-10H2,1-2H3,(H,23,25)/t12-,14-,16-,17+/m0/s1. The van der Waals surface area contributed by atoms with Gasteiger partial charge < -0.3 is 14.8 Å². The van der Waals surface area contributed by atoms with E-state index in [1.807, 2.05) is 0 Å². The summed E-state index contributed by atoms with van der Waals surface area (Å²) in [5.74, 6) is -2.88. The van der Waals surface area contributed by atoms with Crippen LogP contribution in [0.5, 0.6) is 0 Å². The van der Waals surface area contributed by atoms with Gasteiger partial charge >= 0.3 is 18.1 Å². The summed E-state index contributed by atoms with van der Waals surface area (Å²) in [7, 11) is 1.48. The van der Waals surface area contributed by atoms with Crippen LogP contribution in [0.25, 0.3) is 0 Å². The minimum Gasteiger partial charge on any atom is -0.466 e. The Bertz CT molecular complexity index is 731. The zero-order valence-corrected chi connectivity index (χ0v) is 15.0. The Morgan fingerprint density at radius 2 is 2.11 bits per heavy atom. The molecule has 2 aliphatic carbocycles. The summed E-state index contributed by atoms with van der Waals surface area (Å²) < 4.78 is 49.1.